The molecule has 28 heavy (non-hydrogen) atoms. The molecule has 0 radical (unpaired) electrons. The predicted molar refractivity (Wildman–Crippen MR) is 104 cm³/mol. The van der Waals surface area contributed by atoms with Gasteiger partial charge in [-0.2, -0.15) is 0 Å². The number of hydrogen-bond acceptors (Lipinski definition) is 4. The highest BCUT2D eigenvalue weighted by Gasteiger charge is 2.40. The van der Waals surface area contributed by atoms with Crippen LogP contribution in [0.3, 0.4) is 0 Å². The number of benzene rings is 1. The Hall–Kier alpha value is -1.60. The Kier molecular flexibility index (Phi) is 7.51. The summed E-state index contributed by atoms with van der Waals surface area (Å²) in [4.78, 5) is 2.02. The number of nitrogens with one attached hydrogen (secondary N) is 1. The van der Waals surface area contributed by atoms with E-state index in [1.807, 2.05) is 25.9 Å². The minimum Gasteiger partial charge on any atom is -0.406 e. The molecule has 0 spiro atoms. The molecule has 2 atom stereocenters. The third-order valence-electron chi connectivity index (χ3n) is 5.74. The van der Waals surface area contributed by atoms with Gasteiger partial charge in [-0.25, -0.2) is 0 Å². The second kappa shape index (κ2) is 9.27. The van der Waals surface area contributed by atoms with Gasteiger partial charge in [-0.05, 0) is 58.0 Å². The molecule has 0 amide bonds. The van der Waals surface area contributed by atoms with Gasteiger partial charge in [0.05, 0.1) is 5.60 Å². The standard InChI is InChI=1S/C21H31F3N2O2/c1-15(26(2)3)12-17(25)14-19(20(27)10-5-4-6-11-20)16-8-7-9-18(13-16)28-21(22,23)24/h7-9,13,15,19,25,27H,4-6,10-12,14H2,1-3H3/t15-,19?/m1/s1. The molecule has 2 N–H and O–H groups in total. The Morgan fingerprint density at radius 1 is 1.21 bits per heavy atom. The van der Waals surface area contributed by atoms with Gasteiger partial charge in [-0.15, -0.1) is 13.2 Å². The maximum absolute atomic E-state index is 12.6. The van der Waals surface area contributed by atoms with E-state index < -0.39 is 17.9 Å². The molecule has 1 aliphatic rings. The van der Waals surface area contributed by atoms with Gasteiger partial charge in [-0.3, -0.25) is 0 Å². The van der Waals surface area contributed by atoms with Gasteiger partial charge >= 0.3 is 6.36 Å². The first-order valence-electron chi connectivity index (χ1n) is 9.81. The van der Waals surface area contributed by atoms with E-state index in [2.05, 4.69) is 4.74 Å². The Balaban J connectivity index is 2.28. The lowest BCUT2D eigenvalue weighted by Gasteiger charge is -2.40. The van der Waals surface area contributed by atoms with E-state index in [0.717, 1.165) is 19.3 Å². The largest absolute Gasteiger partial charge is 0.573 e. The van der Waals surface area contributed by atoms with Crippen molar-refractivity contribution in [3.05, 3.63) is 29.8 Å². The molecule has 0 saturated heterocycles. The smallest absolute Gasteiger partial charge is 0.406 e. The number of nitrogens with zero attached hydrogens (tertiary/aromatic N) is 1. The first kappa shape index (κ1) is 22.7. The second-order valence-electron chi connectivity index (χ2n) is 8.16. The van der Waals surface area contributed by atoms with Crippen molar-refractivity contribution in [1.29, 1.82) is 5.41 Å². The fourth-order valence-electron chi connectivity index (χ4n) is 3.93. The number of rotatable bonds is 8. The van der Waals surface area contributed by atoms with Crippen molar-refractivity contribution in [3.63, 3.8) is 0 Å². The molecular weight excluding hydrogens is 369 g/mol. The molecule has 0 heterocycles. The molecule has 1 aliphatic carbocycles. The second-order valence-corrected chi connectivity index (χ2v) is 8.16. The van der Waals surface area contributed by atoms with Gasteiger partial charge in [0.1, 0.15) is 5.75 Å². The molecule has 0 bridgehead atoms. The Bertz CT molecular complexity index is 655. The van der Waals surface area contributed by atoms with Crippen LogP contribution >= 0.6 is 0 Å². The molecular formula is C21H31F3N2O2. The van der Waals surface area contributed by atoms with Gasteiger partial charge in [0.25, 0.3) is 0 Å². The summed E-state index contributed by atoms with van der Waals surface area (Å²) in [6.07, 6.45) is 0.116. The van der Waals surface area contributed by atoms with Crippen molar-refractivity contribution < 1.29 is 23.0 Å². The number of alkyl halides is 3. The summed E-state index contributed by atoms with van der Waals surface area (Å²) in [5.41, 5.74) is 0.0729. The minimum atomic E-state index is -4.76. The molecule has 1 aromatic rings. The summed E-state index contributed by atoms with van der Waals surface area (Å²) in [5.74, 6) is -0.714. The van der Waals surface area contributed by atoms with Crippen LogP contribution in [0.15, 0.2) is 24.3 Å². The maximum atomic E-state index is 12.6. The van der Waals surface area contributed by atoms with Crippen LogP contribution in [0.5, 0.6) is 5.75 Å². The van der Waals surface area contributed by atoms with Crippen LogP contribution in [0.25, 0.3) is 0 Å². The zero-order chi connectivity index (χ0) is 20.9. The quantitative estimate of drug-likeness (QED) is 0.596. The van der Waals surface area contributed by atoms with Crippen LogP contribution < -0.4 is 4.74 Å². The van der Waals surface area contributed by atoms with E-state index in [4.69, 9.17) is 5.41 Å². The van der Waals surface area contributed by atoms with Crippen LogP contribution in [-0.2, 0) is 0 Å². The molecule has 7 heteroatoms. The normalized spacial score (nSPS) is 19.3. The SMILES string of the molecule is C[C@H](CC(=N)CC(c1cccc(OC(F)(F)F)c1)C1(O)CCCCC1)N(C)C. The lowest BCUT2D eigenvalue weighted by atomic mass is 9.70. The average Bonchev–Trinajstić information content (AvgIpc) is 2.58. The van der Waals surface area contributed by atoms with Crippen molar-refractivity contribution in [2.24, 2.45) is 0 Å². The zero-order valence-corrected chi connectivity index (χ0v) is 16.9. The molecule has 0 aliphatic heterocycles. The fraction of sp³-hybridized carbons (Fsp3) is 0.667. The summed E-state index contributed by atoms with van der Waals surface area (Å²) in [7, 11) is 3.89. The third-order valence-corrected chi connectivity index (χ3v) is 5.74. The van der Waals surface area contributed by atoms with E-state index in [-0.39, 0.29) is 11.8 Å². The van der Waals surface area contributed by atoms with Gasteiger partial charge in [0.2, 0.25) is 0 Å². The van der Waals surface area contributed by atoms with Crippen molar-refractivity contribution in [3.8, 4) is 5.75 Å². The molecule has 0 aromatic heterocycles. The summed E-state index contributed by atoms with van der Waals surface area (Å²) < 4.78 is 41.9. The lowest BCUT2D eigenvalue weighted by Crippen LogP contribution is -2.40. The highest BCUT2D eigenvalue weighted by molar-refractivity contribution is 5.83. The molecule has 1 fully saturated rings. The summed E-state index contributed by atoms with van der Waals surface area (Å²) in [6, 6.07) is 6.03. The predicted octanol–water partition coefficient (Wildman–Crippen LogP) is 5.11. The summed E-state index contributed by atoms with van der Waals surface area (Å²) >= 11 is 0. The van der Waals surface area contributed by atoms with E-state index >= 15 is 0 Å². The van der Waals surface area contributed by atoms with E-state index in [1.165, 1.54) is 18.2 Å². The number of aliphatic hydroxyl groups is 1. The molecule has 1 unspecified atom stereocenters. The van der Waals surface area contributed by atoms with E-state index in [9.17, 15) is 18.3 Å². The molecule has 2 rings (SSSR count). The van der Waals surface area contributed by atoms with Gasteiger partial charge < -0.3 is 20.2 Å². The summed E-state index contributed by atoms with van der Waals surface area (Å²) in [6.45, 7) is 2.02. The Morgan fingerprint density at radius 2 is 1.86 bits per heavy atom. The van der Waals surface area contributed by atoms with Crippen LogP contribution in [-0.4, -0.2) is 47.8 Å². The van der Waals surface area contributed by atoms with Gasteiger partial charge in [0, 0.05) is 24.1 Å². The molecule has 1 aromatic carbocycles. The van der Waals surface area contributed by atoms with E-state index in [1.54, 1.807) is 6.07 Å². The first-order chi connectivity index (χ1) is 13.0. The number of halogens is 3. The monoisotopic (exact) mass is 400 g/mol. The average molecular weight is 400 g/mol. The highest BCUT2D eigenvalue weighted by Crippen LogP contribution is 2.43. The van der Waals surface area contributed by atoms with Gasteiger partial charge in [0.15, 0.2) is 0 Å². The topological polar surface area (TPSA) is 56.6 Å². The minimum absolute atomic E-state index is 0.175. The van der Waals surface area contributed by atoms with Crippen molar-refractivity contribution in [1.82, 2.24) is 4.90 Å². The zero-order valence-electron chi connectivity index (χ0n) is 16.9. The molecule has 4 nitrogen and oxygen atoms in total. The number of ether oxygens (including phenoxy) is 1. The molecule has 158 valence electrons. The van der Waals surface area contributed by atoms with Crippen molar-refractivity contribution in [2.75, 3.05) is 14.1 Å². The number of hydrogen-bond donors (Lipinski definition) is 2. The highest BCUT2D eigenvalue weighted by atomic mass is 19.4. The Morgan fingerprint density at radius 3 is 2.43 bits per heavy atom. The van der Waals surface area contributed by atoms with Crippen LogP contribution in [0.1, 0.15) is 63.4 Å². The van der Waals surface area contributed by atoms with Crippen molar-refractivity contribution >= 4 is 5.71 Å². The fourth-order valence-corrected chi connectivity index (χ4v) is 3.93. The van der Waals surface area contributed by atoms with Gasteiger partial charge in [-0.1, -0.05) is 31.4 Å². The third kappa shape index (κ3) is 6.48. The van der Waals surface area contributed by atoms with Crippen LogP contribution in [0.2, 0.25) is 0 Å². The lowest BCUT2D eigenvalue weighted by molar-refractivity contribution is -0.274. The van der Waals surface area contributed by atoms with Crippen LogP contribution in [0, 0.1) is 5.41 Å². The molecule has 1 saturated carbocycles. The maximum Gasteiger partial charge on any atom is 0.573 e. The van der Waals surface area contributed by atoms with E-state index in [0.29, 0.717) is 37.0 Å². The summed E-state index contributed by atoms with van der Waals surface area (Å²) in [5, 5.41) is 19.8. The first-order valence-corrected chi connectivity index (χ1v) is 9.81. The van der Waals surface area contributed by atoms with Crippen LogP contribution in [0.4, 0.5) is 13.2 Å². The Labute approximate surface area is 165 Å². The van der Waals surface area contributed by atoms with Crippen molar-refractivity contribution in [2.45, 2.75) is 75.8 Å².